The SMILES string of the molecule is CCn1cc(C(=O)[O-])c(=O)c2cc(F)c(N3CCN(C=N[C@@H]4C(=O)N(S(=O)(=O)[O-])[C@@H]4COC(N)=O)CC3)cc21.[Na+].[Na+]. The van der Waals surface area contributed by atoms with Crippen LogP contribution < -0.4 is 80.3 Å². The summed E-state index contributed by atoms with van der Waals surface area (Å²) < 4.78 is 55.2. The van der Waals surface area contributed by atoms with Gasteiger partial charge in [-0.15, -0.1) is 0 Å². The first-order chi connectivity index (χ1) is 18.3. The molecule has 1 aromatic carbocycles. The number of carbonyl (C=O) groups is 3. The number of piperazine rings is 1. The predicted octanol–water partition coefficient (Wildman–Crippen LogP) is -8.18. The number of halogens is 1. The van der Waals surface area contributed by atoms with Gasteiger partial charge < -0.3 is 39.3 Å². The van der Waals surface area contributed by atoms with Gasteiger partial charge in [-0.05, 0) is 19.1 Å². The number of β-lactam (4-membered cyclic amide) rings is 1. The third-order valence-corrected chi connectivity index (χ3v) is 7.46. The molecule has 0 saturated carbocycles. The molecule has 2 amide bonds. The number of carboxylic acid groups (broad SMARTS) is 1. The van der Waals surface area contributed by atoms with Crippen molar-refractivity contribution in [1.29, 1.82) is 0 Å². The number of aliphatic imine (C=N–C) groups is 1. The Hall–Kier alpha value is -2.25. The second-order valence-electron chi connectivity index (χ2n) is 8.79. The van der Waals surface area contributed by atoms with E-state index in [-0.39, 0.29) is 74.5 Å². The molecular weight excluding hydrogens is 589 g/mol. The van der Waals surface area contributed by atoms with Crippen LogP contribution in [0.1, 0.15) is 17.3 Å². The van der Waals surface area contributed by atoms with Crippen LogP contribution >= 0.6 is 0 Å². The number of nitrogens with two attached hydrogens (primary N) is 1. The van der Waals surface area contributed by atoms with Crippen LogP contribution in [0.2, 0.25) is 0 Å². The number of pyridine rings is 1. The van der Waals surface area contributed by atoms with Gasteiger partial charge in [-0.1, -0.05) is 0 Å². The molecule has 0 spiro atoms. The molecule has 2 aromatic rings. The summed E-state index contributed by atoms with van der Waals surface area (Å²) in [6.45, 7) is 2.67. The Kier molecular flexibility index (Phi) is 11.8. The molecule has 2 aliphatic heterocycles. The summed E-state index contributed by atoms with van der Waals surface area (Å²) in [7, 11) is -5.14. The van der Waals surface area contributed by atoms with E-state index in [2.05, 4.69) is 9.73 Å². The van der Waals surface area contributed by atoms with E-state index >= 15 is 4.39 Å². The van der Waals surface area contributed by atoms with E-state index in [1.807, 2.05) is 0 Å². The fourth-order valence-corrected chi connectivity index (χ4v) is 5.40. The summed E-state index contributed by atoms with van der Waals surface area (Å²) in [5, 5.41) is 11.2. The maximum absolute atomic E-state index is 15.1. The number of fused-ring (bicyclic) bond motifs is 1. The van der Waals surface area contributed by atoms with Gasteiger partial charge in [0, 0.05) is 44.3 Å². The smallest absolute Gasteiger partial charge is 0.731 e. The van der Waals surface area contributed by atoms with Gasteiger partial charge in [0.05, 0.1) is 29.1 Å². The third-order valence-electron chi connectivity index (χ3n) is 6.53. The van der Waals surface area contributed by atoms with Crippen molar-refractivity contribution in [3.8, 4) is 0 Å². The number of carboxylic acids is 1. The Morgan fingerprint density at radius 2 is 1.83 bits per heavy atom. The van der Waals surface area contributed by atoms with E-state index in [0.29, 0.717) is 38.2 Å². The summed E-state index contributed by atoms with van der Waals surface area (Å²) in [6.07, 6.45) is 1.25. The predicted molar refractivity (Wildman–Crippen MR) is 130 cm³/mol. The van der Waals surface area contributed by atoms with Crippen LogP contribution in [0.15, 0.2) is 28.1 Å². The van der Waals surface area contributed by atoms with Gasteiger partial charge in [-0.3, -0.25) is 14.6 Å². The fourth-order valence-electron chi connectivity index (χ4n) is 4.56. The van der Waals surface area contributed by atoms with E-state index < -0.39 is 63.8 Å². The van der Waals surface area contributed by atoms with Crippen molar-refractivity contribution < 1.29 is 101 Å². The normalized spacial score (nSPS) is 19.0. The van der Waals surface area contributed by atoms with Crippen LogP contribution in [0.25, 0.3) is 10.9 Å². The molecule has 2 aliphatic rings. The van der Waals surface area contributed by atoms with Gasteiger partial charge in [0.2, 0.25) is 0 Å². The summed E-state index contributed by atoms with van der Waals surface area (Å²) in [5.74, 6) is -3.43. The van der Waals surface area contributed by atoms with Crippen molar-refractivity contribution in [3.05, 3.63) is 39.9 Å². The number of amides is 2. The standard InChI is InChI=1S/C22H25FN6O9S.2Na/c1-2-27-9-13(21(32)33)19(30)12-7-14(23)16(8-15(12)27)28-5-3-26(4-6-28)11-25-18-17(10-38-22(24)34)29(20(18)31)39(35,36)37;;/h7-9,11,17-18H,2-6,10H2,1H3,(H2,24,34)(H,32,33)(H,35,36,37);;/q;2*+1/p-2/t17-,18+;;/m1../s1. The molecule has 0 bridgehead atoms. The molecule has 0 unspecified atom stereocenters. The van der Waals surface area contributed by atoms with Gasteiger partial charge >= 0.3 is 65.2 Å². The molecule has 15 nitrogen and oxygen atoms in total. The monoisotopic (exact) mass is 612 g/mol. The summed E-state index contributed by atoms with van der Waals surface area (Å²) in [4.78, 5) is 54.4. The molecule has 4 rings (SSSR count). The molecule has 0 aliphatic carbocycles. The number of hydrogen-bond acceptors (Lipinski definition) is 11. The maximum atomic E-state index is 15.1. The second kappa shape index (κ2) is 13.8. The van der Waals surface area contributed by atoms with Crippen molar-refractivity contribution in [2.24, 2.45) is 10.7 Å². The number of carbonyl (C=O) groups excluding carboxylic acids is 3. The number of anilines is 1. The number of rotatable bonds is 8. The first kappa shape index (κ1) is 34.9. The van der Waals surface area contributed by atoms with Gasteiger partial charge in [0.15, 0.2) is 21.8 Å². The van der Waals surface area contributed by atoms with E-state index in [0.717, 1.165) is 6.07 Å². The van der Waals surface area contributed by atoms with Crippen LogP contribution in [0.5, 0.6) is 0 Å². The Bertz CT molecular complexity index is 1550. The molecule has 41 heavy (non-hydrogen) atoms. The Labute approximate surface area is 277 Å². The molecule has 19 heteroatoms. The van der Waals surface area contributed by atoms with Crippen molar-refractivity contribution in [2.45, 2.75) is 25.6 Å². The van der Waals surface area contributed by atoms with Gasteiger partial charge in [0.25, 0.3) is 5.91 Å². The largest absolute Gasteiger partial charge is 1.00 e. The zero-order valence-corrected chi connectivity index (χ0v) is 27.3. The molecule has 210 valence electrons. The second-order valence-corrected chi connectivity index (χ2v) is 10.0. The molecule has 2 fully saturated rings. The fraction of sp³-hybridized carbons (Fsp3) is 0.409. The molecule has 3 heterocycles. The van der Waals surface area contributed by atoms with E-state index in [1.54, 1.807) is 16.7 Å². The number of aryl methyl sites for hydroxylation is 1. The molecular formula is C22H23FN6Na2O9S. The first-order valence-corrected chi connectivity index (χ1v) is 13.0. The number of aromatic nitrogens is 1. The minimum atomic E-state index is -5.14. The van der Waals surface area contributed by atoms with Crippen LogP contribution in [0.4, 0.5) is 14.9 Å². The van der Waals surface area contributed by atoms with E-state index in [4.69, 9.17) is 5.73 Å². The number of benzene rings is 1. The zero-order chi connectivity index (χ0) is 28.6. The third kappa shape index (κ3) is 7.22. The average molecular weight is 613 g/mol. The van der Waals surface area contributed by atoms with Gasteiger partial charge in [0.1, 0.15) is 18.5 Å². The van der Waals surface area contributed by atoms with E-state index in [1.165, 1.54) is 23.2 Å². The first-order valence-electron chi connectivity index (χ1n) is 11.6. The molecule has 2 saturated heterocycles. The Balaban J connectivity index is 0.00000294. The minimum Gasteiger partial charge on any atom is -0.731 e. The van der Waals surface area contributed by atoms with Gasteiger partial charge in [-0.25, -0.2) is 21.9 Å². The summed E-state index contributed by atoms with van der Waals surface area (Å²) >= 11 is 0. The number of ether oxygens (including phenoxy) is 1. The molecule has 2 atom stereocenters. The summed E-state index contributed by atoms with van der Waals surface area (Å²) in [6, 6.07) is -0.121. The zero-order valence-electron chi connectivity index (χ0n) is 22.5. The van der Waals surface area contributed by atoms with Crippen LogP contribution in [-0.2, 0) is 26.4 Å². The molecule has 0 radical (unpaired) electrons. The van der Waals surface area contributed by atoms with Crippen molar-refractivity contribution in [1.82, 2.24) is 13.8 Å². The maximum Gasteiger partial charge on any atom is 1.00 e. The minimum absolute atomic E-state index is 0. The topological polar surface area (TPSA) is 211 Å². The number of aromatic carboxylic acids is 1. The quantitative estimate of drug-likeness (QED) is 0.0972. The van der Waals surface area contributed by atoms with E-state index in [9.17, 15) is 37.3 Å². The number of primary amides is 1. The Morgan fingerprint density at radius 3 is 2.37 bits per heavy atom. The van der Waals surface area contributed by atoms with Crippen molar-refractivity contribution in [2.75, 3.05) is 37.7 Å². The average Bonchev–Trinajstić information content (AvgIpc) is 2.86. The van der Waals surface area contributed by atoms with Gasteiger partial charge in [-0.2, -0.15) is 0 Å². The van der Waals surface area contributed by atoms with Crippen LogP contribution in [0, 0.1) is 5.82 Å². The van der Waals surface area contributed by atoms with Crippen molar-refractivity contribution in [3.63, 3.8) is 0 Å². The van der Waals surface area contributed by atoms with Crippen LogP contribution in [0.3, 0.4) is 0 Å². The number of hydrogen-bond donors (Lipinski definition) is 1. The Morgan fingerprint density at radius 1 is 1.20 bits per heavy atom. The molecule has 1 aromatic heterocycles. The van der Waals surface area contributed by atoms with Crippen LogP contribution in [-0.4, -0.2) is 95.9 Å². The van der Waals surface area contributed by atoms with Crippen molar-refractivity contribution >= 4 is 51.2 Å². The number of nitrogens with zero attached hydrogens (tertiary/aromatic N) is 5. The summed E-state index contributed by atoms with van der Waals surface area (Å²) in [5.41, 5.74) is 4.04. The molecule has 2 N–H and O–H groups in total.